The molecule has 2 aromatic carbocycles. The summed E-state index contributed by atoms with van der Waals surface area (Å²) in [7, 11) is -2.28. The van der Waals surface area contributed by atoms with Crippen LogP contribution in [0.3, 0.4) is 0 Å². The zero-order chi connectivity index (χ0) is 43.5. The average Bonchev–Trinajstić information content (AvgIpc) is 3.61. The van der Waals surface area contributed by atoms with Crippen molar-refractivity contribution in [3.05, 3.63) is 81.9 Å². The van der Waals surface area contributed by atoms with Crippen LogP contribution >= 0.6 is 23.5 Å². The van der Waals surface area contributed by atoms with Crippen LogP contribution in [-0.2, 0) is 41.0 Å². The van der Waals surface area contributed by atoms with Crippen molar-refractivity contribution in [2.24, 2.45) is 17.6 Å². The summed E-state index contributed by atoms with van der Waals surface area (Å²) in [6.07, 6.45) is 1.04. The Bertz CT molecular complexity index is 2540. The fraction of sp³-hybridized carbons (Fsp3) is 0.314. The van der Waals surface area contributed by atoms with Gasteiger partial charge in [0.25, 0.3) is 11.5 Å². The number of amides is 4. The highest BCUT2D eigenvalue weighted by Crippen LogP contribution is 2.42. The number of anilines is 3. The third-order valence-electron chi connectivity index (χ3n) is 8.92. The number of carbonyl (C=O) groups excluding carboxylic acids is 5. The third-order valence-corrected chi connectivity index (χ3v) is 12.3. The van der Waals surface area contributed by atoms with Crippen LogP contribution in [0.1, 0.15) is 32.4 Å². The Balaban J connectivity index is 1.16. The second kappa shape index (κ2) is 17.5. The Kier molecular flexibility index (Phi) is 12.6. The molecule has 60 heavy (non-hydrogen) atoms. The number of hydrogen-bond acceptors (Lipinski definition) is 17. The number of carbonyl (C=O) groups is 5. The van der Waals surface area contributed by atoms with Crippen molar-refractivity contribution >= 4 is 80.5 Å². The highest BCUT2D eigenvalue weighted by atomic mass is 32.2. The van der Waals surface area contributed by atoms with Crippen LogP contribution in [0, 0.1) is 5.41 Å². The summed E-state index contributed by atoms with van der Waals surface area (Å²) in [5, 5.41) is 36.3. The summed E-state index contributed by atoms with van der Waals surface area (Å²) in [5.41, 5.74) is -0.875. The van der Waals surface area contributed by atoms with Crippen molar-refractivity contribution < 1.29 is 42.2 Å². The Labute approximate surface area is 349 Å². The van der Waals surface area contributed by atoms with Crippen LogP contribution in [0.15, 0.2) is 80.8 Å². The minimum Gasteiger partial charge on any atom is -0.508 e. The van der Waals surface area contributed by atoms with Gasteiger partial charge in [-0.2, -0.15) is 0 Å². The van der Waals surface area contributed by atoms with E-state index < -0.39 is 68.9 Å². The monoisotopic (exact) mass is 882 g/mol. The second-order valence-corrected chi connectivity index (χ2v) is 17.9. The number of ketones is 1. The number of aromatic nitrogens is 6. The number of benzene rings is 2. The van der Waals surface area contributed by atoms with Gasteiger partial charge >= 0.3 is 12.0 Å². The van der Waals surface area contributed by atoms with E-state index in [2.05, 4.69) is 46.8 Å². The minimum absolute atomic E-state index is 0.0475. The first-order valence-corrected chi connectivity index (χ1v) is 21.3. The fourth-order valence-corrected chi connectivity index (χ4v) is 8.45. The van der Waals surface area contributed by atoms with E-state index in [1.54, 1.807) is 27.8 Å². The molecule has 1 saturated heterocycles. The van der Waals surface area contributed by atoms with Crippen molar-refractivity contribution in [2.75, 3.05) is 28.7 Å². The largest absolute Gasteiger partial charge is 0.508 e. The van der Waals surface area contributed by atoms with Crippen molar-refractivity contribution in [1.29, 1.82) is 0 Å². The number of hydrogen-bond donors (Lipinski definition) is 7. The molecule has 2 aromatic heterocycles. The molecule has 25 heteroatoms. The van der Waals surface area contributed by atoms with Gasteiger partial charge in [-0.1, -0.05) is 44.7 Å². The van der Waals surface area contributed by atoms with Crippen molar-refractivity contribution in [1.82, 2.24) is 45.7 Å². The number of aryl methyl sites for hydroxylation is 1. The molecule has 0 bridgehead atoms. The van der Waals surface area contributed by atoms with Crippen LogP contribution in [0.5, 0.6) is 5.75 Å². The summed E-state index contributed by atoms with van der Waals surface area (Å²) in [6, 6.07) is 6.99. The van der Waals surface area contributed by atoms with Gasteiger partial charge in [0, 0.05) is 29.7 Å². The Hall–Kier alpha value is -6.31. The van der Waals surface area contributed by atoms with Crippen LogP contribution in [0.25, 0.3) is 0 Å². The van der Waals surface area contributed by atoms with Gasteiger partial charge in [-0.3, -0.25) is 29.1 Å². The standard InChI is InChI=1S/C35H38N12O10S3/c1-35(2,3)23(49)14-57-31(53)26-18(16-59-34-43-44-45-46(34)4)15-58-30-25(29(52)47(26)30)40-28(51)24(17-5-9-20(48)10-6-17)41-33(54)39-22-13-37-32(42-27(22)50)38-19-7-11-21(12-8-19)60(36,55)56/h5-13,24-25,30,48H,14-16H2,1-4H3,(H,40,51)(H2,36,55,56)(H2,39,41,54)(H2,37,38,42,50)/t24?,25?,30-/m0/s1. The normalized spacial score (nSPS) is 16.9. The molecule has 4 aromatic rings. The highest BCUT2D eigenvalue weighted by Gasteiger charge is 2.55. The average molecular weight is 883 g/mol. The number of esters is 1. The molecule has 0 saturated carbocycles. The molecule has 22 nitrogen and oxygen atoms in total. The van der Waals surface area contributed by atoms with Crippen molar-refractivity contribution in [2.45, 2.75) is 48.3 Å². The van der Waals surface area contributed by atoms with Gasteiger partial charge < -0.3 is 31.1 Å². The van der Waals surface area contributed by atoms with Gasteiger partial charge in [-0.25, -0.2) is 32.8 Å². The maximum atomic E-state index is 13.9. The number of tetrazole rings is 1. The maximum absolute atomic E-state index is 13.9. The Morgan fingerprint density at radius 2 is 1.80 bits per heavy atom. The van der Waals surface area contributed by atoms with Crippen LogP contribution in [0.4, 0.5) is 22.1 Å². The number of aromatic hydroxyl groups is 1. The molecule has 2 aliphatic rings. The number of thioether (sulfide) groups is 2. The predicted octanol–water partition coefficient (Wildman–Crippen LogP) is 0.858. The van der Waals surface area contributed by atoms with E-state index >= 15 is 0 Å². The quantitative estimate of drug-likeness (QED) is 0.0525. The molecule has 0 radical (unpaired) electrons. The lowest BCUT2D eigenvalue weighted by atomic mass is 9.91. The molecule has 6 rings (SSSR count). The molecular formula is C35H38N12O10S3. The number of urea groups is 1. The van der Waals surface area contributed by atoms with Gasteiger partial charge in [0.1, 0.15) is 34.6 Å². The first-order valence-electron chi connectivity index (χ1n) is 17.7. The Morgan fingerprint density at radius 1 is 1.10 bits per heavy atom. The SMILES string of the molecule is Cn1nnnc1SCC1=C(C(=O)OCC(=O)C(C)(C)C)N2C(=O)C(NC(=O)C(NC(=O)Nc3cnc(Nc4ccc(S(N)(=O)=O)cc4)[nH]c3=O)c3ccc(O)cc3)[C@@H]2SC1. The molecule has 2 unspecified atom stereocenters. The first-order chi connectivity index (χ1) is 28.3. The molecule has 2 aliphatic heterocycles. The molecule has 8 N–H and O–H groups in total. The summed E-state index contributed by atoms with van der Waals surface area (Å²) >= 11 is 2.49. The number of rotatable bonds is 14. The fourth-order valence-electron chi connectivity index (χ4n) is 5.60. The number of aromatic amines is 1. The summed E-state index contributed by atoms with van der Waals surface area (Å²) in [4.78, 5) is 87.7. The lowest BCUT2D eigenvalue weighted by Gasteiger charge is -2.50. The summed E-state index contributed by atoms with van der Waals surface area (Å²) in [5.74, 6) is -2.46. The number of nitrogens with one attached hydrogen (secondary N) is 5. The van der Waals surface area contributed by atoms with E-state index in [1.165, 1.54) is 81.6 Å². The number of β-lactam (4-membered cyclic amide) rings is 1. The van der Waals surface area contributed by atoms with Crippen LogP contribution < -0.4 is 32.0 Å². The Morgan fingerprint density at radius 3 is 2.42 bits per heavy atom. The minimum atomic E-state index is -3.92. The number of nitrogens with two attached hydrogens (primary N) is 1. The van der Waals surface area contributed by atoms with Gasteiger partial charge in [-0.05, 0) is 58.0 Å². The molecule has 0 spiro atoms. The van der Waals surface area contributed by atoms with E-state index in [4.69, 9.17) is 9.88 Å². The van der Waals surface area contributed by atoms with Gasteiger partial charge in [0.15, 0.2) is 12.4 Å². The number of primary sulfonamides is 1. The number of sulfonamides is 1. The molecule has 1 fully saturated rings. The number of phenolic OH excluding ortho intramolecular Hbond substituents is 1. The van der Waals surface area contributed by atoms with Crippen LogP contribution in [-0.4, -0.2) is 108 Å². The van der Waals surface area contributed by atoms with Crippen molar-refractivity contribution in [3.63, 3.8) is 0 Å². The molecule has 4 amide bonds. The lowest BCUT2D eigenvalue weighted by Crippen LogP contribution is -2.71. The van der Waals surface area contributed by atoms with E-state index in [1.807, 2.05) is 0 Å². The van der Waals surface area contributed by atoms with Gasteiger partial charge in [-0.15, -0.1) is 16.9 Å². The van der Waals surface area contributed by atoms with E-state index in [9.17, 15) is 42.3 Å². The van der Waals surface area contributed by atoms with E-state index in [0.29, 0.717) is 16.4 Å². The number of H-pyrrole nitrogens is 1. The molecule has 316 valence electrons. The number of fused-ring (bicyclic) bond motifs is 1. The highest BCUT2D eigenvalue weighted by molar-refractivity contribution is 8.01. The molecule has 4 heterocycles. The zero-order valence-corrected chi connectivity index (χ0v) is 34.6. The summed E-state index contributed by atoms with van der Waals surface area (Å²) in [6.45, 7) is 4.52. The number of Topliss-reactive ketones (excluding diaryl/α,β-unsaturated/α-hetero) is 1. The lowest BCUT2D eigenvalue weighted by molar-refractivity contribution is -0.155. The molecular weight excluding hydrogens is 845 g/mol. The maximum Gasteiger partial charge on any atom is 0.355 e. The van der Waals surface area contributed by atoms with Crippen LogP contribution in [0.2, 0.25) is 0 Å². The second-order valence-electron chi connectivity index (χ2n) is 14.3. The molecule has 0 aliphatic carbocycles. The zero-order valence-electron chi connectivity index (χ0n) is 32.2. The first kappa shape index (κ1) is 43.3. The molecule has 3 atom stereocenters. The smallest absolute Gasteiger partial charge is 0.355 e. The van der Waals surface area contributed by atoms with Gasteiger partial charge in [0.05, 0.1) is 11.1 Å². The topological polar surface area (TPSA) is 316 Å². The number of ether oxygens (including phenoxy) is 1. The number of phenols is 1. The van der Waals surface area contributed by atoms with E-state index in [0.717, 1.165) is 6.20 Å². The third kappa shape index (κ3) is 9.92. The predicted molar refractivity (Wildman–Crippen MR) is 216 cm³/mol. The van der Waals surface area contributed by atoms with Gasteiger partial charge in [0.2, 0.25) is 27.0 Å². The summed E-state index contributed by atoms with van der Waals surface area (Å²) < 4.78 is 29.9. The number of nitrogens with zero attached hydrogens (tertiary/aromatic N) is 6. The van der Waals surface area contributed by atoms with Crippen molar-refractivity contribution in [3.8, 4) is 5.75 Å². The van der Waals surface area contributed by atoms with E-state index in [-0.39, 0.29) is 50.8 Å².